The molecule has 100 valence electrons. The maximum Gasteiger partial charge on any atom is 0.128 e. The smallest absolute Gasteiger partial charge is 0.128 e. The van der Waals surface area contributed by atoms with E-state index in [2.05, 4.69) is 9.88 Å². The van der Waals surface area contributed by atoms with E-state index in [0.717, 1.165) is 43.9 Å². The highest BCUT2D eigenvalue weighted by atomic mass is 16.5. The molecule has 4 heteroatoms. The van der Waals surface area contributed by atoms with Crippen molar-refractivity contribution in [2.24, 2.45) is 5.92 Å². The first-order valence-corrected chi connectivity index (χ1v) is 6.58. The largest absolute Gasteiger partial charge is 0.389 e. The zero-order valence-electron chi connectivity index (χ0n) is 11.2. The number of aromatic nitrogens is 1. The molecule has 1 aromatic rings. The number of aliphatic hydroxyl groups is 1. The SMILES string of the molecule is COCC1CCN(c2ccc([C@@H](C)O)cn2)CC1. The molecule has 0 radical (unpaired) electrons. The molecule has 1 fully saturated rings. The van der Waals surface area contributed by atoms with Crippen LogP contribution in [0, 0.1) is 5.92 Å². The lowest BCUT2D eigenvalue weighted by molar-refractivity contribution is 0.139. The molecule has 2 rings (SSSR count). The third-order valence-corrected chi connectivity index (χ3v) is 3.59. The average molecular weight is 250 g/mol. The van der Waals surface area contributed by atoms with Gasteiger partial charge in [-0.2, -0.15) is 0 Å². The van der Waals surface area contributed by atoms with E-state index >= 15 is 0 Å². The fraction of sp³-hybridized carbons (Fsp3) is 0.643. The fourth-order valence-electron chi connectivity index (χ4n) is 2.40. The first-order valence-electron chi connectivity index (χ1n) is 6.58. The Morgan fingerprint density at radius 2 is 2.17 bits per heavy atom. The molecule has 1 saturated heterocycles. The molecule has 1 N–H and O–H groups in total. The molecule has 1 atom stereocenters. The highest BCUT2D eigenvalue weighted by Gasteiger charge is 2.19. The highest BCUT2D eigenvalue weighted by molar-refractivity contribution is 5.40. The van der Waals surface area contributed by atoms with E-state index in [1.54, 1.807) is 20.2 Å². The quantitative estimate of drug-likeness (QED) is 0.887. The summed E-state index contributed by atoms with van der Waals surface area (Å²) in [5.74, 6) is 1.69. The summed E-state index contributed by atoms with van der Waals surface area (Å²) in [6, 6.07) is 3.95. The maximum atomic E-state index is 9.45. The van der Waals surface area contributed by atoms with Crippen molar-refractivity contribution in [2.75, 3.05) is 31.7 Å². The Bertz CT molecular complexity index is 357. The van der Waals surface area contributed by atoms with Gasteiger partial charge < -0.3 is 14.7 Å². The molecular formula is C14H22N2O2. The van der Waals surface area contributed by atoms with E-state index in [1.807, 2.05) is 12.1 Å². The second kappa shape index (κ2) is 6.16. The van der Waals surface area contributed by atoms with Crippen LogP contribution >= 0.6 is 0 Å². The Balaban J connectivity index is 1.93. The molecule has 0 amide bonds. The third-order valence-electron chi connectivity index (χ3n) is 3.59. The molecule has 1 aliphatic heterocycles. The summed E-state index contributed by atoms with van der Waals surface area (Å²) in [6.45, 7) is 4.69. The summed E-state index contributed by atoms with van der Waals surface area (Å²) in [5, 5.41) is 9.45. The van der Waals surface area contributed by atoms with Crippen molar-refractivity contribution in [1.82, 2.24) is 4.98 Å². The van der Waals surface area contributed by atoms with E-state index in [-0.39, 0.29) is 0 Å². The van der Waals surface area contributed by atoms with Crippen molar-refractivity contribution in [3.8, 4) is 0 Å². The van der Waals surface area contributed by atoms with Gasteiger partial charge in [0.05, 0.1) is 6.10 Å². The first-order chi connectivity index (χ1) is 8.70. The number of piperidine rings is 1. The average Bonchev–Trinajstić information content (AvgIpc) is 2.40. The predicted octanol–water partition coefficient (Wildman–Crippen LogP) is 2.00. The second-order valence-corrected chi connectivity index (χ2v) is 5.01. The standard InChI is InChI=1S/C14H22N2O2/c1-11(17)13-3-4-14(15-9-13)16-7-5-12(6-8-16)10-18-2/h3-4,9,11-12,17H,5-8,10H2,1-2H3/t11-/m1/s1. The number of ether oxygens (including phenoxy) is 1. The molecule has 1 aromatic heterocycles. The zero-order valence-corrected chi connectivity index (χ0v) is 11.2. The number of nitrogens with zero attached hydrogens (tertiary/aromatic N) is 2. The van der Waals surface area contributed by atoms with Gasteiger partial charge in [-0.3, -0.25) is 0 Å². The predicted molar refractivity (Wildman–Crippen MR) is 71.7 cm³/mol. The van der Waals surface area contributed by atoms with Crippen molar-refractivity contribution < 1.29 is 9.84 Å². The first kappa shape index (κ1) is 13.3. The summed E-state index contributed by atoms with van der Waals surface area (Å²) in [4.78, 5) is 6.73. The molecule has 0 aromatic carbocycles. The zero-order chi connectivity index (χ0) is 13.0. The molecule has 0 spiro atoms. The second-order valence-electron chi connectivity index (χ2n) is 5.01. The van der Waals surface area contributed by atoms with Gasteiger partial charge in [0.1, 0.15) is 5.82 Å². The lowest BCUT2D eigenvalue weighted by Crippen LogP contribution is -2.35. The monoisotopic (exact) mass is 250 g/mol. The minimum absolute atomic E-state index is 0.445. The molecule has 18 heavy (non-hydrogen) atoms. The Morgan fingerprint density at radius 1 is 1.44 bits per heavy atom. The van der Waals surface area contributed by atoms with Crippen LogP contribution in [0.2, 0.25) is 0 Å². The third kappa shape index (κ3) is 3.21. The summed E-state index contributed by atoms with van der Waals surface area (Å²) in [6.07, 6.45) is 3.64. The fourth-order valence-corrected chi connectivity index (χ4v) is 2.40. The molecule has 0 bridgehead atoms. The maximum absolute atomic E-state index is 9.45. The molecular weight excluding hydrogens is 228 g/mol. The number of hydrogen-bond acceptors (Lipinski definition) is 4. The number of methoxy groups -OCH3 is 1. The van der Waals surface area contributed by atoms with Crippen molar-refractivity contribution in [2.45, 2.75) is 25.9 Å². The van der Waals surface area contributed by atoms with Crippen LogP contribution < -0.4 is 4.90 Å². The summed E-state index contributed by atoms with van der Waals surface area (Å²) < 4.78 is 5.20. The van der Waals surface area contributed by atoms with Gasteiger partial charge in [0.25, 0.3) is 0 Å². The van der Waals surface area contributed by atoms with Gasteiger partial charge in [0.15, 0.2) is 0 Å². The Morgan fingerprint density at radius 3 is 2.67 bits per heavy atom. The lowest BCUT2D eigenvalue weighted by atomic mass is 9.98. The van der Waals surface area contributed by atoms with Crippen LogP contribution in [0.3, 0.4) is 0 Å². The van der Waals surface area contributed by atoms with Gasteiger partial charge in [-0.25, -0.2) is 4.98 Å². The molecule has 2 heterocycles. The van der Waals surface area contributed by atoms with Crippen molar-refractivity contribution in [1.29, 1.82) is 0 Å². The van der Waals surface area contributed by atoms with Crippen LogP contribution in [0.4, 0.5) is 5.82 Å². The van der Waals surface area contributed by atoms with Gasteiger partial charge in [-0.1, -0.05) is 6.07 Å². The molecule has 0 saturated carbocycles. The number of pyridine rings is 1. The lowest BCUT2D eigenvalue weighted by Gasteiger charge is -2.32. The van der Waals surface area contributed by atoms with Gasteiger partial charge in [0, 0.05) is 33.0 Å². The van der Waals surface area contributed by atoms with Crippen LogP contribution in [0.5, 0.6) is 0 Å². The number of anilines is 1. The van der Waals surface area contributed by atoms with E-state index < -0.39 is 6.10 Å². The summed E-state index contributed by atoms with van der Waals surface area (Å²) in [7, 11) is 1.77. The normalized spacial score (nSPS) is 18.9. The Kier molecular flexibility index (Phi) is 4.55. The van der Waals surface area contributed by atoms with Crippen LogP contribution in [0.25, 0.3) is 0 Å². The van der Waals surface area contributed by atoms with Gasteiger partial charge in [-0.05, 0) is 37.3 Å². The van der Waals surface area contributed by atoms with Crippen molar-refractivity contribution in [3.63, 3.8) is 0 Å². The van der Waals surface area contributed by atoms with Crippen molar-refractivity contribution >= 4 is 5.82 Å². The highest BCUT2D eigenvalue weighted by Crippen LogP contribution is 2.22. The Hall–Kier alpha value is -1.13. The topological polar surface area (TPSA) is 45.6 Å². The van der Waals surface area contributed by atoms with E-state index in [1.165, 1.54) is 0 Å². The molecule has 0 aliphatic carbocycles. The van der Waals surface area contributed by atoms with Crippen LogP contribution in [-0.2, 0) is 4.74 Å². The molecule has 0 unspecified atom stereocenters. The summed E-state index contributed by atoms with van der Waals surface area (Å²) in [5.41, 5.74) is 0.869. The van der Waals surface area contributed by atoms with Crippen LogP contribution in [0.15, 0.2) is 18.3 Å². The number of hydrogen-bond donors (Lipinski definition) is 1. The van der Waals surface area contributed by atoms with Crippen LogP contribution in [0.1, 0.15) is 31.4 Å². The van der Waals surface area contributed by atoms with Crippen molar-refractivity contribution in [3.05, 3.63) is 23.9 Å². The molecule has 1 aliphatic rings. The van der Waals surface area contributed by atoms with Gasteiger partial charge in [0.2, 0.25) is 0 Å². The van der Waals surface area contributed by atoms with E-state index in [0.29, 0.717) is 5.92 Å². The van der Waals surface area contributed by atoms with Crippen LogP contribution in [-0.4, -0.2) is 36.9 Å². The van der Waals surface area contributed by atoms with Gasteiger partial charge >= 0.3 is 0 Å². The van der Waals surface area contributed by atoms with Gasteiger partial charge in [-0.15, -0.1) is 0 Å². The number of rotatable bonds is 4. The molecule has 4 nitrogen and oxygen atoms in total. The van der Waals surface area contributed by atoms with E-state index in [4.69, 9.17) is 4.74 Å². The minimum Gasteiger partial charge on any atom is -0.389 e. The summed E-state index contributed by atoms with van der Waals surface area (Å²) >= 11 is 0. The Labute approximate surface area is 109 Å². The number of aliphatic hydroxyl groups excluding tert-OH is 1. The van der Waals surface area contributed by atoms with E-state index in [9.17, 15) is 5.11 Å². The minimum atomic E-state index is -0.445.